The summed E-state index contributed by atoms with van der Waals surface area (Å²) >= 11 is 0. The molecular formula is C18H23ClF3N5O2. The topological polar surface area (TPSA) is 73.4 Å². The van der Waals surface area contributed by atoms with E-state index in [0.717, 1.165) is 32.6 Å². The van der Waals surface area contributed by atoms with Crippen molar-refractivity contribution >= 4 is 29.3 Å². The summed E-state index contributed by atoms with van der Waals surface area (Å²) in [5.41, 5.74) is -0.0947. The number of hydrogen-bond acceptors (Lipinski definition) is 4. The third-order valence-corrected chi connectivity index (χ3v) is 5.48. The first-order chi connectivity index (χ1) is 13.3. The smallest absolute Gasteiger partial charge is 0.337 e. The highest BCUT2D eigenvalue weighted by molar-refractivity contribution is 5.97. The Balaban J connectivity index is 0.00000240. The van der Waals surface area contributed by atoms with Gasteiger partial charge in [-0.1, -0.05) is 0 Å². The van der Waals surface area contributed by atoms with Gasteiger partial charge in [-0.3, -0.25) is 14.3 Å². The summed E-state index contributed by atoms with van der Waals surface area (Å²) in [5.74, 6) is -0.163. The number of rotatable bonds is 3. The van der Waals surface area contributed by atoms with Gasteiger partial charge in [-0.05, 0) is 24.6 Å². The third kappa shape index (κ3) is 4.59. The van der Waals surface area contributed by atoms with Crippen LogP contribution in [-0.2, 0) is 6.54 Å². The minimum absolute atomic E-state index is 0. The fraction of sp³-hybridized carbons (Fsp3) is 0.556. The lowest BCUT2D eigenvalue weighted by Gasteiger charge is -2.32. The Morgan fingerprint density at radius 1 is 1.17 bits per heavy atom. The van der Waals surface area contributed by atoms with Crippen molar-refractivity contribution in [1.29, 1.82) is 0 Å². The van der Waals surface area contributed by atoms with Crippen molar-refractivity contribution in [1.82, 2.24) is 24.7 Å². The number of piperazine rings is 1. The van der Waals surface area contributed by atoms with Crippen LogP contribution in [0.3, 0.4) is 0 Å². The molecule has 1 atom stereocenters. The Labute approximate surface area is 171 Å². The molecule has 160 valence electrons. The molecule has 2 N–H and O–H groups in total. The van der Waals surface area contributed by atoms with Crippen LogP contribution in [-0.4, -0.2) is 76.7 Å². The number of aromatic amines is 1. The number of nitrogens with one attached hydrogen (secondary N) is 2. The molecule has 2 aliphatic rings. The van der Waals surface area contributed by atoms with Crippen LogP contribution in [0.2, 0.25) is 0 Å². The van der Waals surface area contributed by atoms with E-state index in [2.05, 4.69) is 15.2 Å². The van der Waals surface area contributed by atoms with E-state index in [4.69, 9.17) is 0 Å². The SMILES string of the molecule is Cl.O=C(c1ccc2c(c1)[nH]c(=O)n2CC(F)(F)F)N1CCC(N2CCNCC2)C1. The maximum Gasteiger partial charge on any atom is 0.406 e. The molecule has 4 rings (SSSR count). The molecule has 1 unspecified atom stereocenters. The van der Waals surface area contributed by atoms with Gasteiger partial charge in [-0.2, -0.15) is 13.2 Å². The molecule has 0 bridgehead atoms. The number of carbonyl (C=O) groups excluding carboxylic acids is 1. The molecule has 7 nitrogen and oxygen atoms in total. The van der Waals surface area contributed by atoms with Crippen LogP contribution in [0.4, 0.5) is 13.2 Å². The van der Waals surface area contributed by atoms with Crippen LogP contribution in [0.25, 0.3) is 11.0 Å². The number of hydrogen-bond donors (Lipinski definition) is 2. The maximum absolute atomic E-state index is 12.9. The van der Waals surface area contributed by atoms with Gasteiger partial charge in [0.1, 0.15) is 6.54 Å². The second-order valence-corrected chi connectivity index (χ2v) is 7.34. The van der Waals surface area contributed by atoms with Gasteiger partial charge in [0.25, 0.3) is 5.91 Å². The first kappa shape index (κ1) is 21.7. The summed E-state index contributed by atoms with van der Waals surface area (Å²) in [6, 6.07) is 4.69. The summed E-state index contributed by atoms with van der Waals surface area (Å²) in [5, 5.41) is 3.31. The van der Waals surface area contributed by atoms with Crippen molar-refractivity contribution in [2.75, 3.05) is 39.3 Å². The predicted molar refractivity (Wildman–Crippen MR) is 105 cm³/mol. The summed E-state index contributed by atoms with van der Waals surface area (Å²) in [6.45, 7) is 3.75. The largest absolute Gasteiger partial charge is 0.406 e. The van der Waals surface area contributed by atoms with Gasteiger partial charge >= 0.3 is 11.9 Å². The van der Waals surface area contributed by atoms with Crippen molar-refractivity contribution in [3.05, 3.63) is 34.2 Å². The van der Waals surface area contributed by atoms with Gasteiger partial charge in [-0.15, -0.1) is 12.4 Å². The monoisotopic (exact) mass is 433 g/mol. The molecule has 1 aromatic carbocycles. The molecule has 0 spiro atoms. The Morgan fingerprint density at radius 3 is 2.59 bits per heavy atom. The van der Waals surface area contributed by atoms with E-state index >= 15 is 0 Å². The number of H-pyrrole nitrogens is 1. The number of aromatic nitrogens is 2. The number of alkyl halides is 3. The van der Waals surface area contributed by atoms with Crippen molar-refractivity contribution in [3.8, 4) is 0 Å². The molecule has 11 heteroatoms. The molecular weight excluding hydrogens is 411 g/mol. The van der Waals surface area contributed by atoms with E-state index in [1.54, 1.807) is 4.90 Å². The first-order valence-corrected chi connectivity index (χ1v) is 9.35. The minimum Gasteiger partial charge on any atom is -0.337 e. The van der Waals surface area contributed by atoms with Gasteiger partial charge < -0.3 is 15.2 Å². The second-order valence-electron chi connectivity index (χ2n) is 7.34. The lowest BCUT2D eigenvalue weighted by atomic mass is 10.1. The molecule has 2 aliphatic heterocycles. The normalized spacial score (nSPS) is 20.8. The van der Waals surface area contributed by atoms with Crippen LogP contribution >= 0.6 is 12.4 Å². The highest BCUT2D eigenvalue weighted by Crippen LogP contribution is 2.22. The predicted octanol–water partition coefficient (Wildman–Crippen LogP) is 1.43. The van der Waals surface area contributed by atoms with Crippen molar-refractivity contribution in [2.24, 2.45) is 0 Å². The molecule has 1 amide bonds. The molecule has 0 saturated carbocycles. The van der Waals surface area contributed by atoms with E-state index in [-0.39, 0.29) is 29.3 Å². The fourth-order valence-electron chi connectivity index (χ4n) is 4.09. The Morgan fingerprint density at radius 2 is 1.90 bits per heavy atom. The first-order valence-electron chi connectivity index (χ1n) is 9.35. The molecule has 3 heterocycles. The standard InChI is InChI=1S/C18H22F3N5O2.ClH/c19-18(20,21)11-26-15-2-1-12(9-14(15)23-17(26)28)16(27)25-6-3-13(10-25)24-7-4-22-5-8-24;/h1-2,9,13,22H,3-8,10-11H2,(H,23,28);1H. The number of benzene rings is 1. The van der Waals surface area contributed by atoms with Crippen LogP contribution in [0.5, 0.6) is 0 Å². The Kier molecular flexibility index (Phi) is 6.25. The lowest BCUT2D eigenvalue weighted by molar-refractivity contribution is -0.140. The fourth-order valence-corrected chi connectivity index (χ4v) is 4.09. The summed E-state index contributed by atoms with van der Waals surface area (Å²) < 4.78 is 38.7. The van der Waals surface area contributed by atoms with Gasteiger partial charge in [0, 0.05) is 50.9 Å². The number of imidazole rings is 1. The maximum atomic E-state index is 12.9. The van der Waals surface area contributed by atoms with Crippen molar-refractivity contribution in [3.63, 3.8) is 0 Å². The number of nitrogens with zero attached hydrogens (tertiary/aromatic N) is 3. The summed E-state index contributed by atoms with van der Waals surface area (Å²) in [4.78, 5) is 31.3. The number of fused-ring (bicyclic) bond motifs is 1. The minimum atomic E-state index is -4.50. The molecule has 0 radical (unpaired) electrons. The molecule has 2 fully saturated rings. The van der Waals surface area contributed by atoms with E-state index in [1.165, 1.54) is 18.2 Å². The number of halogens is 4. The summed E-state index contributed by atoms with van der Waals surface area (Å²) in [7, 11) is 0. The Hall–Kier alpha value is -2.04. The van der Waals surface area contributed by atoms with Crippen LogP contribution in [0.15, 0.2) is 23.0 Å². The molecule has 0 aliphatic carbocycles. The number of amides is 1. The average Bonchev–Trinajstić information content (AvgIpc) is 3.26. The van der Waals surface area contributed by atoms with Crippen molar-refractivity contribution < 1.29 is 18.0 Å². The lowest BCUT2D eigenvalue weighted by Crippen LogP contribution is -2.49. The highest BCUT2D eigenvalue weighted by atomic mass is 35.5. The van der Waals surface area contributed by atoms with E-state index in [1.807, 2.05) is 0 Å². The second kappa shape index (κ2) is 8.37. The van der Waals surface area contributed by atoms with Crippen LogP contribution < -0.4 is 11.0 Å². The number of carbonyl (C=O) groups is 1. The quantitative estimate of drug-likeness (QED) is 0.768. The van der Waals surface area contributed by atoms with E-state index < -0.39 is 18.4 Å². The van der Waals surface area contributed by atoms with Gasteiger partial charge in [0.15, 0.2) is 0 Å². The summed E-state index contributed by atoms with van der Waals surface area (Å²) in [6.07, 6.45) is -3.59. The van der Waals surface area contributed by atoms with Gasteiger partial charge in [0.05, 0.1) is 11.0 Å². The van der Waals surface area contributed by atoms with Crippen molar-refractivity contribution in [2.45, 2.75) is 25.2 Å². The average molecular weight is 434 g/mol. The zero-order valence-corrected chi connectivity index (χ0v) is 16.5. The van der Waals surface area contributed by atoms with Gasteiger partial charge in [0.2, 0.25) is 0 Å². The zero-order valence-electron chi connectivity index (χ0n) is 15.7. The molecule has 2 aromatic rings. The molecule has 1 aromatic heterocycles. The third-order valence-electron chi connectivity index (χ3n) is 5.48. The number of likely N-dealkylation sites (tertiary alicyclic amines) is 1. The van der Waals surface area contributed by atoms with Crippen LogP contribution in [0, 0.1) is 0 Å². The molecule has 29 heavy (non-hydrogen) atoms. The van der Waals surface area contributed by atoms with Crippen LogP contribution in [0.1, 0.15) is 16.8 Å². The van der Waals surface area contributed by atoms with E-state index in [9.17, 15) is 22.8 Å². The van der Waals surface area contributed by atoms with Gasteiger partial charge in [-0.25, -0.2) is 4.79 Å². The van der Waals surface area contributed by atoms with E-state index in [0.29, 0.717) is 29.3 Å². The molecule has 2 saturated heterocycles. The zero-order chi connectivity index (χ0) is 19.9. The Bertz CT molecular complexity index is 936. The highest BCUT2D eigenvalue weighted by Gasteiger charge is 2.32.